The second kappa shape index (κ2) is 8.43. The van der Waals surface area contributed by atoms with Gasteiger partial charge in [-0.05, 0) is 81.9 Å². The molecule has 0 saturated heterocycles. The van der Waals surface area contributed by atoms with E-state index in [4.69, 9.17) is 9.84 Å². The molecule has 1 aromatic heterocycles. The van der Waals surface area contributed by atoms with E-state index in [1.54, 1.807) is 36.4 Å². The maximum atomic E-state index is 12.5. The molecule has 28 heavy (non-hydrogen) atoms. The Morgan fingerprint density at radius 1 is 1.25 bits per heavy atom. The summed E-state index contributed by atoms with van der Waals surface area (Å²) in [7, 11) is 0. The van der Waals surface area contributed by atoms with Gasteiger partial charge in [0.2, 0.25) is 0 Å². The van der Waals surface area contributed by atoms with Crippen molar-refractivity contribution in [2.75, 3.05) is 0 Å². The fraction of sp³-hybridized carbons (Fsp3) is 0.111. The van der Waals surface area contributed by atoms with Crippen LogP contribution in [0, 0.1) is 7.14 Å². The topological polar surface area (TPSA) is 114 Å². The van der Waals surface area contributed by atoms with Crippen LogP contribution in [0.5, 0.6) is 5.75 Å². The first-order chi connectivity index (χ1) is 13.3. The van der Waals surface area contributed by atoms with E-state index in [1.165, 1.54) is 13.1 Å². The molecular formula is C18H13I2N3O5. The van der Waals surface area contributed by atoms with Crippen molar-refractivity contribution in [1.82, 2.24) is 9.66 Å². The minimum absolute atomic E-state index is 0.356. The molecule has 144 valence electrons. The lowest BCUT2D eigenvalue weighted by Crippen LogP contribution is -2.32. The lowest BCUT2D eigenvalue weighted by molar-refractivity contribution is -0.144. The van der Waals surface area contributed by atoms with E-state index in [9.17, 15) is 14.4 Å². The number of nitrogens with one attached hydrogen (secondary N) is 1. The van der Waals surface area contributed by atoms with E-state index < -0.39 is 23.3 Å². The predicted molar refractivity (Wildman–Crippen MR) is 121 cm³/mol. The maximum absolute atomic E-state index is 12.5. The van der Waals surface area contributed by atoms with E-state index in [2.05, 4.69) is 10.1 Å². The van der Waals surface area contributed by atoms with Gasteiger partial charge in [0.25, 0.3) is 5.56 Å². The monoisotopic (exact) mass is 605 g/mol. The average Bonchev–Trinajstić information content (AvgIpc) is 2.64. The highest BCUT2D eigenvalue weighted by molar-refractivity contribution is 14.1. The molecule has 3 aromatic rings. The van der Waals surface area contributed by atoms with Crippen molar-refractivity contribution in [2.24, 2.45) is 5.10 Å². The molecule has 3 rings (SSSR count). The third-order valence-electron chi connectivity index (χ3n) is 3.77. The number of carboxylic acid groups (broad SMARTS) is 1. The number of ether oxygens (including phenoxy) is 1. The summed E-state index contributed by atoms with van der Waals surface area (Å²) in [5.74, 6) is -0.610. The Balaban J connectivity index is 1.98. The number of aromatic amines is 1. The van der Waals surface area contributed by atoms with Crippen LogP contribution in [-0.2, 0) is 4.79 Å². The Hall–Kier alpha value is -2.22. The second-order valence-electron chi connectivity index (χ2n) is 5.75. The number of halogens is 2. The number of H-pyrrole nitrogens is 1. The average molecular weight is 605 g/mol. The fourth-order valence-corrected chi connectivity index (χ4v) is 4.45. The number of hydrogen-bond donors (Lipinski definition) is 2. The van der Waals surface area contributed by atoms with Gasteiger partial charge in [-0.25, -0.2) is 9.59 Å². The maximum Gasteiger partial charge on any atom is 0.349 e. The zero-order valence-electron chi connectivity index (χ0n) is 14.3. The molecule has 1 atom stereocenters. The molecular weight excluding hydrogens is 592 g/mol. The highest BCUT2D eigenvalue weighted by atomic mass is 127. The molecule has 0 saturated carbocycles. The van der Waals surface area contributed by atoms with E-state index >= 15 is 0 Å². The first kappa shape index (κ1) is 20.5. The van der Waals surface area contributed by atoms with Crippen LogP contribution >= 0.6 is 45.2 Å². The van der Waals surface area contributed by atoms with Crippen LogP contribution in [0.4, 0.5) is 0 Å². The van der Waals surface area contributed by atoms with E-state index in [0.717, 1.165) is 4.68 Å². The van der Waals surface area contributed by atoms with Crippen LogP contribution in [0.1, 0.15) is 12.5 Å². The largest absolute Gasteiger partial charge is 0.479 e. The van der Waals surface area contributed by atoms with Crippen molar-refractivity contribution in [3.63, 3.8) is 0 Å². The molecule has 8 nitrogen and oxygen atoms in total. The Morgan fingerprint density at radius 2 is 1.89 bits per heavy atom. The normalized spacial score (nSPS) is 12.4. The van der Waals surface area contributed by atoms with Crippen molar-refractivity contribution in [3.05, 3.63) is 69.9 Å². The van der Waals surface area contributed by atoms with Gasteiger partial charge >= 0.3 is 11.7 Å². The molecule has 2 aromatic carbocycles. The molecule has 2 N–H and O–H groups in total. The Labute approximate surface area is 185 Å². The summed E-state index contributed by atoms with van der Waals surface area (Å²) in [6, 6.07) is 10.1. The number of aliphatic carboxylic acids is 1. The first-order valence-electron chi connectivity index (χ1n) is 7.95. The standard InChI is InChI=1S/C18H13I2N3O5/c1-9(17(25)26)28-15-12(19)6-10(7-13(15)20)8-21-23-16(24)11-4-2-3-5-14(11)22-18(23)27/h2-9H,1H3,(H,22,27)(H,25,26)/t9-/m0/s1. The van der Waals surface area contributed by atoms with Crippen molar-refractivity contribution in [3.8, 4) is 5.75 Å². The number of rotatable bonds is 5. The van der Waals surface area contributed by atoms with Gasteiger partial charge in [-0.2, -0.15) is 5.10 Å². The van der Waals surface area contributed by atoms with Gasteiger partial charge in [0.05, 0.1) is 24.3 Å². The molecule has 0 spiro atoms. The van der Waals surface area contributed by atoms with E-state index in [0.29, 0.717) is 29.4 Å². The smallest absolute Gasteiger partial charge is 0.349 e. The molecule has 0 aliphatic heterocycles. The molecule has 10 heteroatoms. The number of carbonyl (C=O) groups is 1. The van der Waals surface area contributed by atoms with Gasteiger partial charge in [0.1, 0.15) is 5.75 Å². The van der Waals surface area contributed by atoms with Crippen LogP contribution in [0.15, 0.2) is 51.1 Å². The quantitative estimate of drug-likeness (QED) is 0.343. The fourth-order valence-electron chi connectivity index (χ4n) is 2.38. The molecule has 0 bridgehead atoms. The van der Waals surface area contributed by atoms with Crippen molar-refractivity contribution in [2.45, 2.75) is 13.0 Å². The molecule has 0 fully saturated rings. The number of benzene rings is 2. The number of aromatic nitrogens is 2. The van der Waals surface area contributed by atoms with Crippen molar-refractivity contribution in [1.29, 1.82) is 0 Å². The Morgan fingerprint density at radius 3 is 2.54 bits per heavy atom. The lowest BCUT2D eigenvalue weighted by atomic mass is 10.2. The summed E-state index contributed by atoms with van der Waals surface area (Å²) >= 11 is 4.05. The summed E-state index contributed by atoms with van der Waals surface area (Å²) < 4.78 is 7.59. The third-order valence-corrected chi connectivity index (χ3v) is 5.37. The zero-order chi connectivity index (χ0) is 20.4. The number of para-hydroxylation sites is 1. The summed E-state index contributed by atoms with van der Waals surface area (Å²) in [4.78, 5) is 38.3. The molecule has 0 unspecified atom stereocenters. The lowest BCUT2D eigenvalue weighted by Gasteiger charge is -2.14. The summed E-state index contributed by atoms with van der Waals surface area (Å²) in [6.45, 7) is 1.45. The van der Waals surface area contributed by atoms with Gasteiger partial charge < -0.3 is 14.8 Å². The third kappa shape index (κ3) is 4.27. The van der Waals surface area contributed by atoms with Crippen LogP contribution in [0.25, 0.3) is 10.9 Å². The van der Waals surface area contributed by atoms with Gasteiger partial charge in [-0.15, -0.1) is 4.68 Å². The Bertz CT molecular complexity index is 1190. The predicted octanol–water partition coefficient (Wildman–Crippen LogP) is 2.63. The second-order valence-corrected chi connectivity index (χ2v) is 8.07. The number of fused-ring (bicyclic) bond motifs is 1. The van der Waals surface area contributed by atoms with Crippen LogP contribution in [-0.4, -0.2) is 33.1 Å². The minimum atomic E-state index is -1.06. The molecule has 0 amide bonds. The van der Waals surface area contributed by atoms with E-state index in [1.807, 2.05) is 45.2 Å². The van der Waals surface area contributed by atoms with Crippen LogP contribution in [0.2, 0.25) is 0 Å². The Kier molecular flexibility index (Phi) is 6.17. The van der Waals surface area contributed by atoms with Crippen LogP contribution < -0.4 is 16.0 Å². The molecule has 0 aliphatic rings. The first-order valence-corrected chi connectivity index (χ1v) is 10.1. The summed E-state index contributed by atoms with van der Waals surface area (Å²) in [5.41, 5.74) is -0.0829. The zero-order valence-corrected chi connectivity index (χ0v) is 18.7. The highest BCUT2D eigenvalue weighted by Gasteiger charge is 2.17. The molecule has 1 heterocycles. The van der Waals surface area contributed by atoms with Gasteiger partial charge in [-0.3, -0.25) is 4.79 Å². The van der Waals surface area contributed by atoms with Crippen molar-refractivity contribution < 1.29 is 14.6 Å². The molecule has 0 radical (unpaired) electrons. The summed E-state index contributed by atoms with van der Waals surface area (Å²) in [6.07, 6.45) is 0.399. The number of hydrogen-bond acceptors (Lipinski definition) is 5. The summed E-state index contributed by atoms with van der Waals surface area (Å²) in [5, 5.41) is 13.4. The van der Waals surface area contributed by atoms with E-state index in [-0.39, 0.29) is 0 Å². The SMILES string of the molecule is C[C@H](Oc1c(I)cc(C=Nn2c(=O)[nH]c3ccccc3c2=O)cc1I)C(=O)O. The number of carboxylic acids is 1. The minimum Gasteiger partial charge on any atom is -0.479 e. The molecule has 0 aliphatic carbocycles. The number of nitrogens with zero attached hydrogens (tertiary/aromatic N) is 2. The van der Waals surface area contributed by atoms with Crippen molar-refractivity contribution >= 4 is 68.3 Å². The highest BCUT2D eigenvalue weighted by Crippen LogP contribution is 2.29. The van der Waals surface area contributed by atoms with Crippen LogP contribution in [0.3, 0.4) is 0 Å². The van der Waals surface area contributed by atoms with Gasteiger partial charge in [-0.1, -0.05) is 12.1 Å². The van der Waals surface area contributed by atoms with Gasteiger partial charge in [0.15, 0.2) is 6.10 Å². The van der Waals surface area contributed by atoms with Gasteiger partial charge in [0, 0.05) is 0 Å².